The number of thioether (sulfide) groups is 1. The molecule has 0 aromatic heterocycles. The zero-order valence-electron chi connectivity index (χ0n) is 14.1. The molecule has 8 heteroatoms. The van der Waals surface area contributed by atoms with Crippen LogP contribution in [0.3, 0.4) is 0 Å². The van der Waals surface area contributed by atoms with E-state index in [1.165, 1.54) is 19.3 Å². The Morgan fingerprint density at radius 2 is 1.93 bits per heavy atom. The molecule has 1 heterocycles. The van der Waals surface area contributed by atoms with Gasteiger partial charge in [0.15, 0.2) is 17.3 Å². The van der Waals surface area contributed by atoms with Gasteiger partial charge < -0.3 is 9.84 Å². The number of phenols is 1. The molecule has 2 aromatic rings. The summed E-state index contributed by atoms with van der Waals surface area (Å²) < 4.78 is 5.03. The summed E-state index contributed by atoms with van der Waals surface area (Å²) >= 11 is 6.55. The third kappa shape index (κ3) is 4.15. The van der Waals surface area contributed by atoms with Gasteiger partial charge in [-0.3, -0.25) is 19.3 Å². The lowest BCUT2D eigenvalue weighted by molar-refractivity contribution is -0.122. The Labute approximate surface area is 164 Å². The topological polar surface area (TPSA) is 83.9 Å². The van der Waals surface area contributed by atoms with Gasteiger partial charge in [-0.15, -0.1) is 0 Å². The number of nitrogens with zero attached hydrogens (tertiary/aromatic N) is 1. The van der Waals surface area contributed by atoms with Crippen molar-refractivity contribution in [2.45, 2.75) is 0 Å². The number of imide groups is 1. The van der Waals surface area contributed by atoms with E-state index >= 15 is 0 Å². The van der Waals surface area contributed by atoms with Gasteiger partial charge in [-0.05, 0) is 59.8 Å². The average molecular weight is 404 g/mol. The number of aromatic hydroxyl groups is 1. The van der Waals surface area contributed by atoms with E-state index in [2.05, 4.69) is 0 Å². The number of carbonyl (C=O) groups excluding carboxylic acids is 3. The molecule has 0 unspecified atom stereocenters. The minimum absolute atomic E-state index is 0.0312. The SMILES string of the molecule is COc1cc(/C=C2\SC(=O)N(CC(=O)c3ccc(Cl)cc3)C2=O)ccc1O. The number of hydrogen-bond donors (Lipinski definition) is 1. The second kappa shape index (κ2) is 7.85. The van der Waals surface area contributed by atoms with E-state index in [-0.39, 0.29) is 28.7 Å². The summed E-state index contributed by atoms with van der Waals surface area (Å²) in [4.78, 5) is 38.1. The molecule has 0 aliphatic carbocycles. The van der Waals surface area contributed by atoms with Gasteiger partial charge in [-0.25, -0.2) is 0 Å². The van der Waals surface area contributed by atoms with Crippen LogP contribution in [0, 0.1) is 0 Å². The number of benzene rings is 2. The van der Waals surface area contributed by atoms with Gasteiger partial charge in [0.25, 0.3) is 11.1 Å². The monoisotopic (exact) mass is 403 g/mol. The molecule has 1 N–H and O–H groups in total. The van der Waals surface area contributed by atoms with E-state index < -0.39 is 11.1 Å². The summed E-state index contributed by atoms with van der Waals surface area (Å²) in [6, 6.07) is 10.8. The van der Waals surface area contributed by atoms with Crippen LogP contribution in [0.2, 0.25) is 5.02 Å². The lowest BCUT2D eigenvalue weighted by atomic mass is 10.1. The quantitative estimate of drug-likeness (QED) is 0.600. The maximum Gasteiger partial charge on any atom is 0.293 e. The minimum Gasteiger partial charge on any atom is -0.504 e. The highest BCUT2D eigenvalue weighted by Crippen LogP contribution is 2.34. The van der Waals surface area contributed by atoms with Gasteiger partial charge in [0, 0.05) is 10.6 Å². The highest BCUT2D eigenvalue weighted by molar-refractivity contribution is 8.18. The Hall–Kier alpha value is -2.77. The van der Waals surface area contributed by atoms with Crippen molar-refractivity contribution < 1.29 is 24.2 Å². The molecule has 0 radical (unpaired) electrons. The predicted molar refractivity (Wildman–Crippen MR) is 103 cm³/mol. The first-order chi connectivity index (χ1) is 12.9. The zero-order chi connectivity index (χ0) is 19.6. The number of carbonyl (C=O) groups is 3. The number of rotatable bonds is 5. The molecule has 3 rings (SSSR count). The molecule has 1 saturated heterocycles. The number of ketones is 1. The number of ether oxygens (including phenoxy) is 1. The van der Waals surface area contributed by atoms with Crippen LogP contribution in [0.5, 0.6) is 11.5 Å². The molecule has 6 nitrogen and oxygen atoms in total. The Bertz CT molecular complexity index is 955. The molecule has 27 heavy (non-hydrogen) atoms. The van der Waals surface area contributed by atoms with Crippen LogP contribution in [0.15, 0.2) is 47.4 Å². The van der Waals surface area contributed by atoms with Gasteiger partial charge in [0.1, 0.15) is 0 Å². The first-order valence-electron chi connectivity index (χ1n) is 7.80. The fourth-order valence-electron chi connectivity index (χ4n) is 2.44. The fourth-order valence-corrected chi connectivity index (χ4v) is 3.41. The summed E-state index contributed by atoms with van der Waals surface area (Å²) in [7, 11) is 1.41. The Kier molecular flexibility index (Phi) is 5.53. The fraction of sp³-hybridized carbons (Fsp3) is 0.105. The molecular weight excluding hydrogens is 390 g/mol. The van der Waals surface area contributed by atoms with Crippen LogP contribution in [-0.2, 0) is 4.79 Å². The first kappa shape index (κ1) is 19.0. The van der Waals surface area contributed by atoms with Crippen LogP contribution >= 0.6 is 23.4 Å². The van der Waals surface area contributed by atoms with E-state index in [1.807, 2.05) is 0 Å². The number of halogens is 1. The van der Waals surface area contributed by atoms with E-state index in [1.54, 1.807) is 36.4 Å². The Balaban J connectivity index is 1.78. The molecule has 2 amide bonds. The summed E-state index contributed by atoms with van der Waals surface area (Å²) in [5, 5.41) is 9.61. The van der Waals surface area contributed by atoms with Gasteiger partial charge in [-0.1, -0.05) is 17.7 Å². The molecule has 138 valence electrons. The second-order valence-electron chi connectivity index (χ2n) is 5.63. The van der Waals surface area contributed by atoms with Crippen LogP contribution in [0.4, 0.5) is 4.79 Å². The van der Waals surface area contributed by atoms with Gasteiger partial charge in [-0.2, -0.15) is 0 Å². The lowest BCUT2D eigenvalue weighted by Gasteiger charge is -2.11. The highest BCUT2D eigenvalue weighted by Gasteiger charge is 2.36. The normalized spacial score (nSPS) is 15.5. The maximum atomic E-state index is 12.5. The van der Waals surface area contributed by atoms with Crippen molar-refractivity contribution in [3.8, 4) is 11.5 Å². The number of Topliss-reactive ketones (excluding diaryl/α,β-unsaturated/α-hetero) is 1. The minimum atomic E-state index is -0.542. The number of hydrogen-bond acceptors (Lipinski definition) is 6. The van der Waals surface area contributed by atoms with Crippen LogP contribution in [0.25, 0.3) is 6.08 Å². The molecule has 0 atom stereocenters. The van der Waals surface area contributed by atoms with Gasteiger partial charge in [0.05, 0.1) is 18.6 Å². The van der Waals surface area contributed by atoms with E-state index in [9.17, 15) is 19.5 Å². The summed E-state index contributed by atoms with van der Waals surface area (Å²) in [6.45, 7) is -0.345. The molecule has 0 saturated carbocycles. The zero-order valence-corrected chi connectivity index (χ0v) is 15.7. The lowest BCUT2D eigenvalue weighted by Crippen LogP contribution is -2.33. The number of phenolic OH excluding ortho intramolecular Hbond substituents is 1. The predicted octanol–water partition coefficient (Wildman–Crippen LogP) is 3.97. The largest absolute Gasteiger partial charge is 0.504 e. The molecular formula is C19H14ClNO5S. The molecule has 1 aliphatic rings. The Morgan fingerprint density at radius 1 is 1.22 bits per heavy atom. The van der Waals surface area contributed by atoms with Crippen molar-refractivity contribution in [3.63, 3.8) is 0 Å². The van der Waals surface area contributed by atoms with Gasteiger partial charge in [0.2, 0.25) is 0 Å². The van der Waals surface area contributed by atoms with Crippen molar-refractivity contribution in [3.05, 3.63) is 63.5 Å². The van der Waals surface area contributed by atoms with Crippen LogP contribution in [0.1, 0.15) is 15.9 Å². The molecule has 1 fully saturated rings. The maximum absolute atomic E-state index is 12.5. The van der Waals surface area contributed by atoms with Crippen LogP contribution in [-0.4, -0.2) is 40.6 Å². The smallest absolute Gasteiger partial charge is 0.293 e. The Morgan fingerprint density at radius 3 is 2.59 bits per heavy atom. The second-order valence-corrected chi connectivity index (χ2v) is 7.06. The summed E-state index contributed by atoms with van der Waals surface area (Å²) in [5.41, 5.74) is 0.949. The van der Waals surface area contributed by atoms with Crippen molar-refractivity contribution in [1.82, 2.24) is 4.90 Å². The van der Waals surface area contributed by atoms with Crippen LogP contribution < -0.4 is 4.74 Å². The number of amides is 2. The summed E-state index contributed by atoms with van der Waals surface area (Å²) in [5.74, 6) is -0.682. The molecule has 0 spiro atoms. The first-order valence-corrected chi connectivity index (χ1v) is 8.99. The van der Waals surface area contributed by atoms with Crippen molar-refractivity contribution in [1.29, 1.82) is 0 Å². The number of methoxy groups -OCH3 is 1. The highest BCUT2D eigenvalue weighted by atomic mass is 35.5. The van der Waals surface area contributed by atoms with E-state index in [0.29, 0.717) is 16.1 Å². The third-order valence-electron chi connectivity index (χ3n) is 3.84. The molecule has 2 aromatic carbocycles. The van der Waals surface area contributed by atoms with E-state index in [0.717, 1.165) is 16.7 Å². The average Bonchev–Trinajstić information content (AvgIpc) is 2.91. The van der Waals surface area contributed by atoms with Crippen molar-refractivity contribution in [2.24, 2.45) is 0 Å². The third-order valence-corrected chi connectivity index (χ3v) is 5.00. The van der Waals surface area contributed by atoms with Gasteiger partial charge >= 0.3 is 0 Å². The van der Waals surface area contributed by atoms with Crippen molar-refractivity contribution >= 4 is 46.4 Å². The summed E-state index contributed by atoms with van der Waals surface area (Å²) in [6.07, 6.45) is 1.51. The molecule has 1 aliphatic heterocycles. The van der Waals surface area contributed by atoms with Crippen molar-refractivity contribution in [2.75, 3.05) is 13.7 Å². The van der Waals surface area contributed by atoms with E-state index in [4.69, 9.17) is 16.3 Å². The standard InChI is InChI=1S/C19H14ClNO5S/c1-26-16-8-11(2-7-14(16)22)9-17-18(24)21(19(25)27-17)10-15(23)12-3-5-13(20)6-4-12/h2-9,22H,10H2,1H3/b17-9-. The molecule has 0 bridgehead atoms.